The van der Waals surface area contributed by atoms with Crippen LogP contribution in [-0.4, -0.2) is 7.11 Å². The highest BCUT2D eigenvalue weighted by Crippen LogP contribution is 2.54. The van der Waals surface area contributed by atoms with Crippen molar-refractivity contribution in [2.75, 3.05) is 7.11 Å². The predicted molar refractivity (Wildman–Crippen MR) is 82.2 cm³/mol. The fourth-order valence-corrected chi connectivity index (χ4v) is 3.07. The van der Waals surface area contributed by atoms with Gasteiger partial charge in [-0.3, -0.25) is 0 Å². The van der Waals surface area contributed by atoms with E-state index in [1.165, 1.54) is 5.56 Å². The molecule has 0 radical (unpaired) electrons. The van der Waals surface area contributed by atoms with Crippen LogP contribution in [-0.2, 0) is 0 Å². The molecule has 2 aromatic carbocycles. The van der Waals surface area contributed by atoms with E-state index in [0.29, 0.717) is 16.9 Å². The lowest BCUT2D eigenvalue weighted by molar-refractivity contribution is 0.402. The van der Waals surface area contributed by atoms with Gasteiger partial charge in [0.15, 0.2) is 0 Å². The first kappa shape index (κ1) is 13.5. The smallest absolute Gasteiger partial charge is 0.123 e. The van der Waals surface area contributed by atoms with Gasteiger partial charge in [-0.15, -0.1) is 0 Å². The van der Waals surface area contributed by atoms with Crippen LogP contribution in [0.4, 0.5) is 0 Å². The first-order valence-electron chi connectivity index (χ1n) is 6.84. The van der Waals surface area contributed by atoms with Gasteiger partial charge in [0, 0.05) is 16.6 Å². The van der Waals surface area contributed by atoms with Gasteiger partial charge in [-0.1, -0.05) is 41.9 Å². The number of ether oxygens (including phenoxy) is 1. The fraction of sp³-hybridized carbons (Fsp3) is 0.294. The summed E-state index contributed by atoms with van der Waals surface area (Å²) in [5, 5.41) is 0.702. The van der Waals surface area contributed by atoms with E-state index in [1.54, 1.807) is 7.11 Å². The zero-order valence-electron chi connectivity index (χ0n) is 11.4. The van der Waals surface area contributed by atoms with Gasteiger partial charge in [0.05, 0.1) is 7.11 Å². The predicted octanol–water partition coefficient (Wildman–Crippen LogP) is 4.15. The maximum Gasteiger partial charge on any atom is 0.123 e. The highest BCUT2D eigenvalue weighted by molar-refractivity contribution is 6.30. The van der Waals surface area contributed by atoms with Crippen molar-refractivity contribution in [3.05, 3.63) is 64.7 Å². The number of hydrogen-bond acceptors (Lipinski definition) is 2. The SMILES string of the molecule is COc1ccc(Cl)cc1C(N)C1CC1c1ccccc1. The van der Waals surface area contributed by atoms with Crippen molar-refractivity contribution in [3.8, 4) is 5.75 Å². The molecule has 0 saturated heterocycles. The number of benzene rings is 2. The van der Waals surface area contributed by atoms with Gasteiger partial charge in [-0.05, 0) is 42.0 Å². The molecular formula is C17H18ClNO. The molecule has 3 unspecified atom stereocenters. The number of nitrogens with two attached hydrogens (primary N) is 1. The Hall–Kier alpha value is -1.51. The Morgan fingerprint density at radius 3 is 2.65 bits per heavy atom. The second-order valence-electron chi connectivity index (χ2n) is 5.33. The minimum absolute atomic E-state index is 0.0335. The van der Waals surface area contributed by atoms with Crippen LogP contribution in [0.25, 0.3) is 0 Å². The molecule has 0 spiro atoms. The van der Waals surface area contributed by atoms with Crippen LogP contribution in [0.3, 0.4) is 0 Å². The lowest BCUT2D eigenvalue weighted by Crippen LogP contribution is -2.14. The molecular weight excluding hydrogens is 270 g/mol. The van der Waals surface area contributed by atoms with Crippen molar-refractivity contribution >= 4 is 11.6 Å². The van der Waals surface area contributed by atoms with Crippen LogP contribution in [0.1, 0.15) is 29.5 Å². The van der Waals surface area contributed by atoms with Crippen LogP contribution in [0.5, 0.6) is 5.75 Å². The maximum absolute atomic E-state index is 6.43. The van der Waals surface area contributed by atoms with Crippen LogP contribution < -0.4 is 10.5 Å². The summed E-state index contributed by atoms with van der Waals surface area (Å²) in [6, 6.07) is 16.2. The first-order chi connectivity index (χ1) is 9.70. The average molecular weight is 288 g/mol. The molecule has 0 heterocycles. The highest BCUT2D eigenvalue weighted by Gasteiger charge is 2.43. The maximum atomic E-state index is 6.43. The quantitative estimate of drug-likeness (QED) is 0.917. The number of hydrogen-bond donors (Lipinski definition) is 1. The van der Waals surface area contributed by atoms with Gasteiger partial charge in [0.25, 0.3) is 0 Å². The minimum atomic E-state index is -0.0335. The Morgan fingerprint density at radius 1 is 1.20 bits per heavy atom. The summed E-state index contributed by atoms with van der Waals surface area (Å²) in [5.74, 6) is 1.83. The summed E-state index contributed by atoms with van der Waals surface area (Å²) in [5.41, 5.74) is 8.81. The largest absolute Gasteiger partial charge is 0.496 e. The van der Waals surface area contributed by atoms with Crippen LogP contribution >= 0.6 is 11.6 Å². The van der Waals surface area contributed by atoms with E-state index in [9.17, 15) is 0 Å². The van der Waals surface area contributed by atoms with E-state index in [1.807, 2.05) is 24.3 Å². The van der Waals surface area contributed by atoms with Crippen molar-refractivity contribution in [2.24, 2.45) is 11.7 Å². The lowest BCUT2D eigenvalue weighted by Gasteiger charge is -2.16. The third-order valence-electron chi connectivity index (χ3n) is 4.08. The standard InChI is InChI=1S/C17H18ClNO/c1-20-16-8-7-12(18)9-15(16)17(19)14-10-13(14)11-5-3-2-4-6-11/h2-9,13-14,17H,10,19H2,1H3. The minimum Gasteiger partial charge on any atom is -0.496 e. The number of rotatable bonds is 4. The summed E-state index contributed by atoms with van der Waals surface area (Å²) in [6.07, 6.45) is 1.13. The van der Waals surface area contributed by atoms with E-state index in [-0.39, 0.29) is 6.04 Å². The average Bonchev–Trinajstić information content (AvgIpc) is 3.28. The first-order valence-corrected chi connectivity index (χ1v) is 7.22. The third kappa shape index (κ3) is 2.54. The van der Waals surface area contributed by atoms with Gasteiger partial charge in [0.1, 0.15) is 5.75 Å². The van der Waals surface area contributed by atoms with E-state index < -0.39 is 0 Å². The highest BCUT2D eigenvalue weighted by atomic mass is 35.5. The molecule has 2 nitrogen and oxygen atoms in total. The zero-order chi connectivity index (χ0) is 14.1. The molecule has 3 rings (SSSR count). The Labute approximate surface area is 124 Å². The Balaban J connectivity index is 1.81. The molecule has 1 saturated carbocycles. The van der Waals surface area contributed by atoms with Crippen LogP contribution in [0.2, 0.25) is 5.02 Å². The van der Waals surface area contributed by atoms with E-state index in [2.05, 4.69) is 24.3 Å². The molecule has 1 aliphatic rings. The molecule has 0 bridgehead atoms. The Kier molecular flexibility index (Phi) is 3.68. The van der Waals surface area contributed by atoms with Gasteiger partial charge in [-0.2, -0.15) is 0 Å². The Bertz CT molecular complexity index is 599. The molecule has 3 heteroatoms. The van der Waals surface area contributed by atoms with Crippen molar-refractivity contribution in [1.82, 2.24) is 0 Å². The summed E-state index contributed by atoms with van der Waals surface area (Å²) in [4.78, 5) is 0. The molecule has 0 aliphatic heterocycles. The third-order valence-corrected chi connectivity index (χ3v) is 4.31. The Morgan fingerprint density at radius 2 is 1.95 bits per heavy atom. The number of methoxy groups -OCH3 is 1. The van der Waals surface area contributed by atoms with Crippen molar-refractivity contribution < 1.29 is 4.74 Å². The van der Waals surface area contributed by atoms with Gasteiger partial charge in [0.2, 0.25) is 0 Å². The molecule has 0 aromatic heterocycles. The lowest BCUT2D eigenvalue weighted by atomic mass is 9.99. The van der Waals surface area contributed by atoms with E-state index in [0.717, 1.165) is 17.7 Å². The second-order valence-corrected chi connectivity index (χ2v) is 5.77. The molecule has 0 amide bonds. The topological polar surface area (TPSA) is 35.2 Å². The molecule has 2 N–H and O–H groups in total. The molecule has 20 heavy (non-hydrogen) atoms. The van der Waals surface area contributed by atoms with E-state index >= 15 is 0 Å². The fourth-order valence-electron chi connectivity index (χ4n) is 2.89. The van der Waals surface area contributed by atoms with Crippen LogP contribution in [0.15, 0.2) is 48.5 Å². The molecule has 104 valence electrons. The molecule has 1 aliphatic carbocycles. The monoisotopic (exact) mass is 287 g/mol. The van der Waals surface area contributed by atoms with Crippen molar-refractivity contribution in [2.45, 2.75) is 18.4 Å². The van der Waals surface area contributed by atoms with E-state index in [4.69, 9.17) is 22.1 Å². The summed E-state index contributed by atoms with van der Waals surface area (Å²) in [7, 11) is 1.67. The molecule has 1 fully saturated rings. The molecule has 3 atom stereocenters. The normalized spacial score (nSPS) is 22.4. The molecule has 2 aromatic rings. The summed E-state index contributed by atoms with van der Waals surface area (Å²) < 4.78 is 5.40. The summed E-state index contributed by atoms with van der Waals surface area (Å²) in [6.45, 7) is 0. The van der Waals surface area contributed by atoms with Gasteiger partial charge in [-0.25, -0.2) is 0 Å². The zero-order valence-corrected chi connectivity index (χ0v) is 12.2. The van der Waals surface area contributed by atoms with Crippen molar-refractivity contribution in [1.29, 1.82) is 0 Å². The second kappa shape index (κ2) is 5.47. The van der Waals surface area contributed by atoms with Crippen molar-refractivity contribution in [3.63, 3.8) is 0 Å². The van der Waals surface area contributed by atoms with Gasteiger partial charge < -0.3 is 10.5 Å². The van der Waals surface area contributed by atoms with Crippen LogP contribution in [0, 0.1) is 5.92 Å². The number of halogens is 1. The summed E-state index contributed by atoms with van der Waals surface area (Å²) >= 11 is 6.09. The van der Waals surface area contributed by atoms with Gasteiger partial charge >= 0.3 is 0 Å².